The van der Waals surface area contributed by atoms with Crippen molar-refractivity contribution >= 4 is 22.8 Å². The molecule has 6 heteroatoms. The minimum absolute atomic E-state index is 0.275. The molecule has 1 saturated heterocycles. The van der Waals surface area contributed by atoms with Crippen LogP contribution in [0.5, 0.6) is 0 Å². The molecule has 2 aromatic rings. The molecular formula is C15H17N3O3. The van der Waals surface area contributed by atoms with Gasteiger partial charge in [-0.1, -0.05) is 12.1 Å². The summed E-state index contributed by atoms with van der Waals surface area (Å²) in [4.78, 5) is 23.3. The van der Waals surface area contributed by atoms with Crippen molar-refractivity contribution in [1.29, 1.82) is 0 Å². The minimum Gasteiger partial charge on any atom is -0.461 e. The third kappa shape index (κ3) is 2.80. The van der Waals surface area contributed by atoms with Crippen LogP contribution < -0.4 is 4.90 Å². The predicted octanol–water partition coefficient (Wildman–Crippen LogP) is 1.64. The molecule has 1 aromatic carbocycles. The van der Waals surface area contributed by atoms with E-state index in [2.05, 4.69) is 9.97 Å². The Morgan fingerprint density at radius 3 is 2.57 bits per heavy atom. The zero-order valence-electron chi connectivity index (χ0n) is 11.9. The van der Waals surface area contributed by atoms with Gasteiger partial charge in [-0.05, 0) is 19.1 Å². The van der Waals surface area contributed by atoms with Gasteiger partial charge in [-0.15, -0.1) is 0 Å². The topological polar surface area (TPSA) is 64.5 Å². The predicted molar refractivity (Wildman–Crippen MR) is 78.5 cm³/mol. The molecule has 0 spiro atoms. The number of aromatic nitrogens is 2. The first kappa shape index (κ1) is 13.8. The number of esters is 1. The van der Waals surface area contributed by atoms with Crippen molar-refractivity contribution in [3.63, 3.8) is 0 Å². The molecule has 0 atom stereocenters. The fourth-order valence-corrected chi connectivity index (χ4v) is 2.32. The molecule has 0 unspecified atom stereocenters. The van der Waals surface area contributed by atoms with E-state index in [0.29, 0.717) is 44.2 Å². The van der Waals surface area contributed by atoms with Gasteiger partial charge in [0.1, 0.15) is 0 Å². The standard InChI is InChI=1S/C15H17N3O3/c1-2-21-15(19)13-14(18-7-9-20-10-8-18)17-12-6-4-3-5-11(12)16-13/h3-6H,2,7-10H2,1H3. The summed E-state index contributed by atoms with van der Waals surface area (Å²) in [7, 11) is 0. The van der Waals surface area contributed by atoms with Gasteiger partial charge >= 0.3 is 5.97 Å². The van der Waals surface area contributed by atoms with Gasteiger partial charge in [0.15, 0.2) is 11.5 Å². The van der Waals surface area contributed by atoms with E-state index in [4.69, 9.17) is 9.47 Å². The number of rotatable bonds is 3. The molecule has 1 aliphatic rings. The third-order valence-electron chi connectivity index (χ3n) is 3.33. The summed E-state index contributed by atoms with van der Waals surface area (Å²) in [5.74, 6) is 0.146. The molecular weight excluding hydrogens is 270 g/mol. The molecule has 110 valence electrons. The average molecular weight is 287 g/mol. The maximum Gasteiger partial charge on any atom is 0.360 e. The first-order valence-electron chi connectivity index (χ1n) is 7.06. The van der Waals surface area contributed by atoms with Crippen molar-refractivity contribution in [2.75, 3.05) is 37.8 Å². The van der Waals surface area contributed by atoms with Gasteiger partial charge in [0.05, 0.1) is 30.9 Å². The molecule has 1 fully saturated rings. The Morgan fingerprint density at radius 2 is 1.90 bits per heavy atom. The maximum atomic E-state index is 12.2. The first-order valence-corrected chi connectivity index (χ1v) is 7.06. The van der Waals surface area contributed by atoms with Crippen molar-refractivity contribution in [2.45, 2.75) is 6.92 Å². The van der Waals surface area contributed by atoms with E-state index in [1.165, 1.54) is 0 Å². The van der Waals surface area contributed by atoms with E-state index in [1.54, 1.807) is 6.92 Å². The van der Waals surface area contributed by atoms with Crippen LogP contribution in [-0.4, -0.2) is 48.8 Å². The maximum absolute atomic E-state index is 12.2. The summed E-state index contributed by atoms with van der Waals surface area (Å²) in [5.41, 5.74) is 1.74. The molecule has 2 heterocycles. The average Bonchev–Trinajstić information content (AvgIpc) is 2.54. The van der Waals surface area contributed by atoms with Crippen LogP contribution in [0.25, 0.3) is 11.0 Å². The SMILES string of the molecule is CCOC(=O)c1nc2ccccc2nc1N1CCOCC1. The van der Waals surface area contributed by atoms with E-state index in [1.807, 2.05) is 29.2 Å². The summed E-state index contributed by atoms with van der Waals surface area (Å²) in [6, 6.07) is 7.51. The van der Waals surface area contributed by atoms with Gasteiger partial charge in [0, 0.05) is 13.1 Å². The van der Waals surface area contributed by atoms with E-state index < -0.39 is 5.97 Å². The Morgan fingerprint density at radius 1 is 1.24 bits per heavy atom. The molecule has 0 aliphatic carbocycles. The lowest BCUT2D eigenvalue weighted by Gasteiger charge is -2.28. The number of carbonyl (C=O) groups is 1. The van der Waals surface area contributed by atoms with Gasteiger partial charge in [-0.25, -0.2) is 14.8 Å². The Hall–Kier alpha value is -2.21. The fraction of sp³-hybridized carbons (Fsp3) is 0.400. The normalized spacial score (nSPS) is 15.2. The summed E-state index contributed by atoms with van der Waals surface area (Å²) in [6.45, 7) is 4.73. The summed E-state index contributed by atoms with van der Waals surface area (Å²) in [6.07, 6.45) is 0. The first-order chi connectivity index (χ1) is 10.3. The fourth-order valence-electron chi connectivity index (χ4n) is 2.32. The summed E-state index contributed by atoms with van der Waals surface area (Å²) >= 11 is 0. The number of ether oxygens (including phenoxy) is 2. The van der Waals surface area contributed by atoms with Crippen molar-refractivity contribution in [1.82, 2.24) is 9.97 Å². The molecule has 0 bridgehead atoms. The van der Waals surface area contributed by atoms with Crippen LogP contribution in [0.2, 0.25) is 0 Å². The molecule has 3 rings (SSSR count). The van der Waals surface area contributed by atoms with Gasteiger partial charge in [-0.3, -0.25) is 0 Å². The summed E-state index contributed by atoms with van der Waals surface area (Å²) in [5, 5.41) is 0. The molecule has 0 amide bonds. The second-order valence-electron chi connectivity index (χ2n) is 4.70. The Bertz CT molecular complexity index is 654. The number of carbonyl (C=O) groups excluding carboxylic acids is 1. The highest BCUT2D eigenvalue weighted by Gasteiger charge is 2.23. The van der Waals surface area contributed by atoms with Crippen LogP contribution in [-0.2, 0) is 9.47 Å². The van der Waals surface area contributed by atoms with Gasteiger partial charge in [-0.2, -0.15) is 0 Å². The second kappa shape index (κ2) is 6.05. The number of benzene rings is 1. The molecule has 0 saturated carbocycles. The lowest BCUT2D eigenvalue weighted by Crippen LogP contribution is -2.38. The smallest absolute Gasteiger partial charge is 0.360 e. The van der Waals surface area contributed by atoms with E-state index in [0.717, 1.165) is 5.52 Å². The van der Waals surface area contributed by atoms with E-state index in [-0.39, 0.29) is 5.69 Å². The zero-order valence-corrected chi connectivity index (χ0v) is 11.9. The molecule has 6 nitrogen and oxygen atoms in total. The number of fused-ring (bicyclic) bond motifs is 1. The Balaban J connectivity index is 2.09. The van der Waals surface area contributed by atoms with Crippen LogP contribution in [0.4, 0.5) is 5.82 Å². The second-order valence-corrected chi connectivity index (χ2v) is 4.70. The minimum atomic E-state index is -0.433. The Kier molecular flexibility index (Phi) is 3.96. The highest BCUT2D eigenvalue weighted by Crippen LogP contribution is 2.22. The van der Waals surface area contributed by atoms with Crippen LogP contribution in [0, 0.1) is 0 Å². The van der Waals surface area contributed by atoms with Crippen molar-refractivity contribution < 1.29 is 14.3 Å². The highest BCUT2D eigenvalue weighted by atomic mass is 16.5. The van der Waals surface area contributed by atoms with Crippen molar-refractivity contribution in [2.24, 2.45) is 0 Å². The summed E-state index contributed by atoms with van der Waals surface area (Å²) < 4.78 is 10.5. The molecule has 21 heavy (non-hydrogen) atoms. The number of anilines is 1. The number of hydrogen-bond donors (Lipinski definition) is 0. The number of hydrogen-bond acceptors (Lipinski definition) is 6. The highest BCUT2D eigenvalue weighted by molar-refractivity contribution is 5.95. The third-order valence-corrected chi connectivity index (χ3v) is 3.33. The lowest BCUT2D eigenvalue weighted by atomic mass is 10.2. The van der Waals surface area contributed by atoms with Crippen LogP contribution in [0.3, 0.4) is 0 Å². The van der Waals surface area contributed by atoms with Gasteiger partial charge in [0.25, 0.3) is 0 Å². The Labute approximate surface area is 122 Å². The van der Waals surface area contributed by atoms with Crippen molar-refractivity contribution in [3.05, 3.63) is 30.0 Å². The molecule has 1 aromatic heterocycles. The van der Waals surface area contributed by atoms with Gasteiger partial charge < -0.3 is 14.4 Å². The lowest BCUT2D eigenvalue weighted by molar-refractivity contribution is 0.0519. The van der Waals surface area contributed by atoms with Crippen LogP contribution in [0.15, 0.2) is 24.3 Å². The monoisotopic (exact) mass is 287 g/mol. The zero-order chi connectivity index (χ0) is 14.7. The molecule has 0 N–H and O–H groups in total. The molecule has 1 aliphatic heterocycles. The van der Waals surface area contributed by atoms with Crippen LogP contribution >= 0.6 is 0 Å². The van der Waals surface area contributed by atoms with E-state index in [9.17, 15) is 4.79 Å². The number of para-hydroxylation sites is 2. The largest absolute Gasteiger partial charge is 0.461 e. The van der Waals surface area contributed by atoms with Crippen molar-refractivity contribution in [3.8, 4) is 0 Å². The number of morpholine rings is 1. The molecule has 0 radical (unpaired) electrons. The quantitative estimate of drug-likeness (QED) is 0.800. The number of nitrogens with zero attached hydrogens (tertiary/aromatic N) is 3. The van der Waals surface area contributed by atoms with Gasteiger partial charge in [0.2, 0.25) is 0 Å². The van der Waals surface area contributed by atoms with E-state index >= 15 is 0 Å². The van der Waals surface area contributed by atoms with Crippen LogP contribution in [0.1, 0.15) is 17.4 Å².